The lowest BCUT2D eigenvalue weighted by Crippen LogP contribution is -2.44. The maximum atomic E-state index is 5.39. The number of rotatable bonds is 1. The van der Waals surface area contributed by atoms with Crippen LogP contribution in [-0.4, -0.2) is 25.8 Å². The van der Waals surface area contributed by atoms with Gasteiger partial charge in [-0.05, 0) is 44.1 Å². The summed E-state index contributed by atoms with van der Waals surface area (Å²) < 4.78 is 5.39. The van der Waals surface area contributed by atoms with Crippen LogP contribution in [0.5, 0.6) is 0 Å². The van der Waals surface area contributed by atoms with E-state index in [2.05, 4.69) is 12.2 Å². The second-order valence-electron chi connectivity index (χ2n) is 4.64. The lowest BCUT2D eigenvalue weighted by Gasteiger charge is -2.36. The zero-order valence-corrected chi connectivity index (χ0v) is 8.59. The highest BCUT2D eigenvalue weighted by atomic mass is 16.5. The number of piperidine rings is 1. The smallest absolute Gasteiger partial charge is 0.0469 e. The van der Waals surface area contributed by atoms with Crippen LogP contribution in [0, 0.1) is 11.8 Å². The number of nitrogens with one attached hydrogen (secondary N) is 1. The third kappa shape index (κ3) is 2.44. The molecule has 0 saturated carbocycles. The molecule has 2 aliphatic rings. The Kier molecular flexibility index (Phi) is 3.23. The topological polar surface area (TPSA) is 21.3 Å². The van der Waals surface area contributed by atoms with Crippen LogP contribution in [0.4, 0.5) is 0 Å². The van der Waals surface area contributed by atoms with E-state index >= 15 is 0 Å². The second-order valence-corrected chi connectivity index (χ2v) is 4.64. The number of ether oxygens (including phenoxy) is 1. The Bertz CT molecular complexity index is 154. The molecule has 0 spiro atoms. The molecule has 0 bridgehead atoms. The molecule has 2 nitrogen and oxygen atoms in total. The Labute approximate surface area is 81.0 Å². The minimum Gasteiger partial charge on any atom is -0.381 e. The second kappa shape index (κ2) is 4.43. The van der Waals surface area contributed by atoms with Crippen molar-refractivity contribution in [1.82, 2.24) is 5.32 Å². The summed E-state index contributed by atoms with van der Waals surface area (Å²) in [6.45, 7) is 5.57. The van der Waals surface area contributed by atoms with Gasteiger partial charge in [0.15, 0.2) is 0 Å². The standard InChI is InChI=1S/C11H21NO/c1-9-2-5-12-11(8-9)10-3-6-13-7-4-10/h9-12H,2-8H2,1H3/t9-,11+/m1/s1. The largest absolute Gasteiger partial charge is 0.381 e. The molecule has 2 saturated heterocycles. The summed E-state index contributed by atoms with van der Waals surface area (Å²) in [7, 11) is 0. The molecule has 0 amide bonds. The van der Waals surface area contributed by atoms with Gasteiger partial charge in [0.2, 0.25) is 0 Å². The molecule has 0 radical (unpaired) electrons. The lowest BCUT2D eigenvalue weighted by atomic mass is 9.83. The van der Waals surface area contributed by atoms with Gasteiger partial charge < -0.3 is 10.1 Å². The summed E-state index contributed by atoms with van der Waals surface area (Å²) in [6, 6.07) is 0.785. The van der Waals surface area contributed by atoms with E-state index in [-0.39, 0.29) is 0 Å². The molecule has 0 aromatic rings. The highest BCUT2D eigenvalue weighted by Crippen LogP contribution is 2.26. The average Bonchev–Trinajstić information content (AvgIpc) is 2.19. The Hall–Kier alpha value is -0.0800. The van der Waals surface area contributed by atoms with Crippen LogP contribution in [-0.2, 0) is 4.74 Å². The van der Waals surface area contributed by atoms with Crippen molar-refractivity contribution in [2.24, 2.45) is 11.8 Å². The maximum Gasteiger partial charge on any atom is 0.0469 e. The van der Waals surface area contributed by atoms with Crippen molar-refractivity contribution in [1.29, 1.82) is 0 Å². The van der Waals surface area contributed by atoms with Crippen LogP contribution in [0.25, 0.3) is 0 Å². The molecule has 0 unspecified atom stereocenters. The number of hydrogen-bond acceptors (Lipinski definition) is 2. The quantitative estimate of drug-likeness (QED) is 0.669. The van der Waals surface area contributed by atoms with Crippen molar-refractivity contribution in [2.45, 2.75) is 38.6 Å². The fraction of sp³-hybridized carbons (Fsp3) is 1.00. The first-order chi connectivity index (χ1) is 6.36. The predicted octanol–water partition coefficient (Wildman–Crippen LogP) is 1.80. The van der Waals surface area contributed by atoms with Crippen molar-refractivity contribution >= 4 is 0 Å². The SMILES string of the molecule is C[C@@H]1CCN[C@H](C2CCOCC2)C1. The van der Waals surface area contributed by atoms with Crippen molar-refractivity contribution in [3.05, 3.63) is 0 Å². The molecule has 2 rings (SSSR count). The van der Waals surface area contributed by atoms with E-state index in [4.69, 9.17) is 4.74 Å². The first-order valence-corrected chi connectivity index (χ1v) is 5.67. The van der Waals surface area contributed by atoms with Crippen molar-refractivity contribution in [2.75, 3.05) is 19.8 Å². The maximum absolute atomic E-state index is 5.39. The normalized spacial score (nSPS) is 37.6. The molecule has 2 heteroatoms. The third-order valence-electron chi connectivity index (χ3n) is 3.53. The molecular weight excluding hydrogens is 162 g/mol. The zero-order chi connectivity index (χ0) is 9.10. The van der Waals surface area contributed by atoms with Crippen molar-refractivity contribution in [3.8, 4) is 0 Å². The number of hydrogen-bond donors (Lipinski definition) is 1. The summed E-state index contributed by atoms with van der Waals surface area (Å²) in [5.74, 6) is 1.81. The van der Waals surface area contributed by atoms with E-state index in [0.717, 1.165) is 31.1 Å². The molecule has 2 heterocycles. The van der Waals surface area contributed by atoms with Crippen molar-refractivity contribution in [3.63, 3.8) is 0 Å². The first kappa shape index (κ1) is 9.47. The van der Waals surface area contributed by atoms with Crippen LogP contribution < -0.4 is 5.32 Å². The third-order valence-corrected chi connectivity index (χ3v) is 3.53. The molecular formula is C11H21NO. The molecule has 76 valence electrons. The molecule has 0 aromatic heterocycles. The van der Waals surface area contributed by atoms with Gasteiger partial charge in [0.25, 0.3) is 0 Å². The predicted molar refractivity (Wildman–Crippen MR) is 53.7 cm³/mol. The first-order valence-electron chi connectivity index (χ1n) is 5.67. The van der Waals surface area contributed by atoms with E-state index in [1.807, 2.05) is 0 Å². The van der Waals surface area contributed by atoms with Gasteiger partial charge in [-0.1, -0.05) is 6.92 Å². The molecule has 0 aliphatic carbocycles. The van der Waals surface area contributed by atoms with Crippen molar-refractivity contribution < 1.29 is 4.74 Å². The molecule has 13 heavy (non-hydrogen) atoms. The van der Waals surface area contributed by atoms with Gasteiger partial charge in [0.1, 0.15) is 0 Å². The Balaban J connectivity index is 1.83. The summed E-state index contributed by atoms with van der Waals surface area (Å²) in [5.41, 5.74) is 0. The monoisotopic (exact) mass is 183 g/mol. The van der Waals surface area contributed by atoms with Crippen LogP contribution in [0.3, 0.4) is 0 Å². The van der Waals surface area contributed by atoms with Crippen LogP contribution >= 0.6 is 0 Å². The molecule has 2 aliphatic heterocycles. The van der Waals surface area contributed by atoms with Gasteiger partial charge in [-0.25, -0.2) is 0 Å². The fourth-order valence-electron chi connectivity index (χ4n) is 2.63. The van der Waals surface area contributed by atoms with Gasteiger partial charge in [0.05, 0.1) is 0 Å². The molecule has 0 aromatic carbocycles. The Morgan fingerprint density at radius 2 is 1.92 bits per heavy atom. The van der Waals surface area contributed by atoms with Crippen LogP contribution in [0.15, 0.2) is 0 Å². The molecule has 2 atom stereocenters. The summed E-state index contributed by atoms with van der Waals surface area (Å²) in [6.07, 6.45) is 5.28. The van der Waals surface area contributed by atoms with E-state index in [1.165, 1.54) is 32.2 Å². The van der Waals surface area contributed by atoms with Gasteiger partial charge >= 0.3 is 0 Å². The van der Waals surface area contributed by atoms with E-state index in [1.54, 1.807) is 0 Å². The highest BCUT2D eigenvalue weighted by molar-refractivity contribution is 4.83. The van der Waals surface area contributed by atoms with Gasteiger partial charge in [-0.15, -0.1) is 0 Å². The summed E-state index contributed by atoms with van der Waals surface area (Å²) in [4.78, 5) is 0. The highest BCUT2D eigenvalue weighted by Gasteiger charge is 2.27. The average molecular weight is 183 g/mol. The van der Waals surface area contributed by atoms with Gasteiger partial charge in [0, 0.05) is 19.3 Å². The van der Waals surface area contributed by atoms with E-state index in [0.29, 0.717) is 0 Å². The van der Waals surface area contributed by atoms with Gasteiger partial charge in [-0.3, -0.25) is 0 Å². The van der Waals surface area contributed by atoms with E-state index < -0.39 is 0 Å². The zero-order valence-electron chi connectivity index (χ0n) is 8.59. The summed E-state index contributed by atoms with van der Waals surface area (Å²) >= 11 is 0. The van der Waals surface area contributed by atoms with Crippen LogP contribution in [0.2, 0.25) is 0 Å². The lowest BCUT2D eigenvalue weighted by molar-refractivity contribution is 0.0467. The van der Waals surface area contributed by atoms with Gasteiger partial charge in [-0.2, -0.15) is 0 Å². The minimum atomic E-state index is 0.785. The van der Waals surface area contributed by atoms with Crippen LogP contribution in [0.1, 0.15) is 32.6 Å². The van der Waals surface area contributed by atoms with E-state index in [9.17, 15) is 0 Å². The molecule has 2 fully saturated rings. The Morgan fingerprint density at radius 1 is 1.15 bits per heavy atom. The summed E-state index contributed by atoms with van der Waals surface area (Å²) in [5, 5.41) is 3.66. The Morgan fingerprint density at radius 3 is 2.62 bits per heavy atom. The molecule has 1 N–H and O–H groups in total. The minimum absolute atomic E-state index is 0.785. The fourth-order valence-corrected chi connectivity index (χ4v) is 2.63.